The molecule has 9 heteroatoms. The van der Waals surface area contributed by atoms with Gasteiger partial charge >= 0.3 is 5.97 Å². The zero-order valence-electron chi connectivity index (χ0n) is 17.1. The number of carbonyl (C=O) groups excluding carboxylic acids is 2. The number of methoxy groups -OCH3 is 1. The van der Waals surface area contributed by atoms with Crippen LogP contribution in [0.25, 0.3) is 11.4 Å². The molecular formula is C22H22N4O5. The summed E-state index contributed by atoms with van der Waals surface area (Å²) in [5.74, 6) is 0.719. The highest BCUT2D eigenvalue weighted by atomic mass is 16.5. The number of benzene rings is 1. The molecular weight excluding hydrogens is 400 g/mol. The highest BCUT2D eigenvalue weighted by Gasteiger charge is 2.32. The predicted octanol–water partition coefficient (Wildman–Crippen LogP) is 3.05. The first-order valence-electron chi connectivity index (χ1n) is 10.0. The van der Waals surface area contributed by atoms with Crippen LogP contribution in [0.5, 0.6) is 5.75 Å². The summed E-state index contributed by atoms with van der Waals surface area (Å²) >= 11 is 0. The van der Waals surface area contributed by atoms with Crippen LogP contribution in [0.3, 0.4) is 0 Å². The van der Waals surface area contributed by atoms with E-state index >= 15 is 0 Å². The molecule has 9 nitrogen and oxygen atoms in total. The van der Waals surface area contributed by atoms with Gasteiger partial charge in [0.2, 0.25) is 11.7 Å². The minimum absolute atomic E-state index is 0.0551. The van der Waals surface area contributed by atoms with Crippen LogP contribution in [-0.4, -0.2) is 52.2 Å². The van der Waals surface area contributed by atoms with Crippen LogP contribution in [0.1, 0.15) is 41.7 Å². The molecule has 31 heavy (non-hydrogen) atoms. The van der Waals surface area contributed by atoms with Gasteiger partial charge in [-0.25, -0.2) is 9.78 Å². The maximum absolute atomic E-state index is 12.8. The second-order valence-corrected chi connectivity index (χ2v) is 7.08. The molecule has 0 spiro atoms. The fraction of sp³-hybridized carbons (Fsp3) is 0.318. The number of likely N-dealkylation sites (tertiary alicyclic amines) is 1. The summed E-state index contributed by atoms with van der Waals surface area (Å²) in [7, 11) is 1.30. The second kappa shape index (κ2) is 9.38. The molecule has 1 atom stereocenters. The Morgan fingerprint density at radius 2 is 2.00 bits per heavy atom. The Morgan fingerprint density at radius 1 is 1.16 bits per heavy atom. The van der Waals surface area contributed by atoms with Crippen molar-refractivity contribution in [3.63, 3.8) is 0 Å². The molecule has 4 rings (SSSR count). The molecule has 1 fully saturated rings. The molecule has 1 aliphatic heterocycles. The molecule has 1 saturated heterocycles. The number of nitrogens with zero attached hydrogens (tertiary/aromatic N) is 4. The molecule has 160 valence electrons. The van der Waals surface area contributed by atoms with Gasteiger partial charge in [-0.1, -0.05) is 23.4 Å². The number of para-hydroxylation sites is 1. The summed E-state index contributed by atoms with van der Waals surface area (Å²) < 4.78 is 15.7. The third-order valence-electron chi connectivity index (χ3n) is 5.07. The van der Waals surface area contributed by atoms with E-state index in [1.54, 1.807) is 11.0 Å². The molecule has 2 aromatic heterocycles. The van der Waals surface area contributed by atoms with Crippen LogP contribution in [0.4, 0.5) is 0 Å². The van der Waals surface area contributed by atoms with E-state index in [9.17, 15) is 9.59 Å². The largest absolute Gasteiger partial charge is 0.484 e. The summed E-state index contributed by atoms with van der Waals surface area (Å²) in [5.41, 5.74) is 0.793. The smallest absolute Gasteiger partial charge is 0.356 e. The Labute approximate surface area is 179 Å². The van der Waals surface area contributed by atoms with Crippen molar-refractivity contribution in [1.29, 1.82) is 0 Å². The first-order valence-corrected chi connectivity index (χ1v) is 10.0. The highest BCUT2D eigenvalue weighted by Crippen LogP contribution is 2.31. The summed E-state index contributed by atoms with van der Waals surface area (Å²) in [6.07, 6.45) is 4.09. The Bertz CT molecular complexity index is 1040. The van der Waals surface area contributed by atoms with Gasteiger partial charge in [0.15, 0.2) is 6.61 Å². The minimum atomic E-state index is -0.519. The van der Waals surface area contributed by atoms with Crippen molar-refractivity contribution in [2.75, 3.05) is 20.3 Å². The second-order valence-electron chi connectivity index (χ2n) is 7.08. The number of ether oxygens (including phenoxy) is 2. The number of aromatic nitrogens is 3. The predicted molar refractivity (Wildman–Crippen MR) is 109 cm³/mol. The standard InChI is InChI=1S/C22H22N4O5/c1-29-22(28)17-11-10-15(13-23-17)20-24-21(31-25-20)18-9-5-6-12-26(18)19(27)14-30-16-7-3-2-4-8-16/h2-4,7-8,10-11,13,18H,5-6,9,12,14H2,1H3. The third kappa shape index (κ3) is 4.71. The van der Waals surface area contributed by atoms with E-state index in [-0.39, 0.29) is 24.2 Å². The van der Waals surface area contributed by atoms with Crippen molar-refractivity contribution in [3.05, 3.63) is 60.2 Å². The molecule has 3 heterocycles. The van der Waals surface area contributed by atoms with Crippen LogP contribution in [0, 0.1) is 0 Å². The van der Waals surface area contributed by atoms with Crippen molar-refractivity contribution < 1.29 is 23.6 Å². The van der Waals surface area contributed by atoms with Gasteiger partial charge < -0.3 is 18.9 Å². The van der Waals surface area contributed by atoms with Crippen LogP contribution >= 0.6 is 0 Å². The van der Waals surface area contributed by atoms with Gasteiger partial charge in [0.05, 0.1) is 7.11 Å². The van der Waals surface area contributed by atoms with E-state index in [2.05, 4.69) is 19.9 Å². The van der Waals surface area contributed by atoms with Crippen LogP contribution < -0.4 is 4.74 Å². The maximum atomic E-state index is 12.8. The van der Waals surface area contributed by atoms with Crippen LogP contribution in [0.2, 0.25) is 0 Å². The monoisotopic (exact) mass is 422 g/mol. The summed E-state index contributed by atoms with van der Waals surface area (Å²) in [5, 5.41) is 4.03. The third-order valence-corrected chi connectivity index (χ3v) is 5.07. The molecule has 0 saturated carbocycles. The lowest BCUT2D eigenvalue weighted by Crippen LogP contribution is -2.41. The lowest BCUT2D eigenvalue weighted by molar-refractivity contribution is -0.138. The van der Waals surface area contributed by atoms with E-state index in [0.29, 0.717) is 29.6 Å². The molecule has 0 N–H and O–H groups in total. The van der Waals surface area contributed by atoms with Crippen molar-refractivity contribution in [3.8, 4) is 17.1 Å². The number of pyridine rings is 1. The zero-order valence-corrected chi connectivity index (χ0v) is 17.1. The summed E-state index contributed by atoms with van der Waals surface area (Å²) in [4.78, 5) is 34.6. The Morgan fingerprint density at radius 3 is 2.74 bits per heavy atom. The van der Waals surface area contributed by atoms with E-state index in [0.717, 1.165) is 19.3 Å². The van der Waals surface area contributed by atoms with Crippen LogP contribution in [0.15, 0.2) is 53.2 Å². The van der Waals surface area contributed by atoms with Crippen LogP contribution in [-0.2, 0) is 9.53 Å². The lowest BCUT2D eigenvalue weighted by atomic mass is 10.0. The summed E-state index contributed by atoms with van der Waals surface area (Å²) in [6, 6.07) is 12.1. The van der Waals surface area contributed by atoms with Gasteiger partial charge in [0, 0.05) is 18.3 Å². The lowest BCUT2D eigenvalue weighted by Gasteiger charge is -2.33. The number of esters is 1. The quantitative estimate of drug-likeness (QED) is 0.558. The fourth-order valence-corrected chi connectivity index (χ4v) is 3.47. The molecule has 1 amide bonds. The number of hydrogen-bond acceptors (Lipinski definition) is 8. The Hall–Kier alpha value is -3.75. The van der Waals surface area contributed by atoms with Gasteiger partial charge in [0.1, 0.15) is 17.5 Å². The average molecular weight is 422 g/mol. The fourth-order valence-electron chi connectivity index (χ4n) is 3.47. The van der Waals surface area contributed by atoms with Gasteiger partial charge in [-0.05, 0) is 43.5 Å². The number of carbonyl (C=O) groups is 2. The molecule has 1 unspecified atom stereocenters. The molecule has 0 radical (unpaired) electrons. The Kier molecular flexibility index (Phi) is 6.21. The normalized spacial score (nSPS) is 16.0. The van der Waals surface area contributed by atoms with E-state index in [1.165, 1.54) is 19.4 Å². The molecule has 1 aliphatic rings. The van der Waals surface area contributed by atoms with Crippen molar-refractivity contribution in [2.24, 2.45) is 0 Å². The van der Waals surface area contributed by atoms with Gasteiger partial charge in [-0.15, -0.1) is 0 Å². The number of rotatable bonds is 6. The SMILES string of the molecule is COC(=O)c1ccc(-c2noc(C3CCCCN3C(=O)COc3ccccc3)n2)cn1. The van der Waals surface area contributed by atoms with Crippen molar-refractivity contribution >= 4 is 11.9 Å². The van der Waals surface area contributed by atoms with E-state index in [1.807, 2.05) is 30.3 Å². The average Bonchev–Trinajstić information content (AvgIpc) is 3.33. The minimum Gasteiger partial charge on any atom is -0.484 e. The first kappa shape index (κ1) is 20.5. The Balaban J connectivity index is 1.46. The maximum Gasteiger partial charge on any atom is 0.356 e. The van der Waals surface area contributed by atoms with Gasteiger partial charge in [-0.3, -0.25) is 4.79 Å². The van der Waals surface area contributed by atoms with Crippen molar-refractivity contribution in [1.82, 2.24) is 20.0 Å². The number of hydrogen-bond donors (Lipinski definition) is 0. The summed E-state index contributed by atoms with van der Waals surface area (Å²) in [6.45, 7) is 0.551. The number of piperidine rings is 1. The zero-order chi connectivity index (χ0) is 21.6. The van der Waals surface area contributed by atoms with Crippen molar-refractivity contribution in [2.45, 2.75) is 25.3 Å². The topological polar surface area (TPSA) is 108 Å². The van der Waals surface area contributed by atoms with E-state index in [4.69, 9.17) is 9.26 Å². The molecule has 0 aliphatic carbocycles. The molecule has 3 aromatic rings. The molecule has 1 aromatic carbocycles. The number of amides is 1. The first-order chi connectivity index (χ1) is 15.2. The molecule has 0 bridgehead atoms. The van der Waals surface area contributed by atoms with E-state index < -0.39 is 5.97 Å². The van der Waals surface area contributed by atoms with Gasteiger partial charge in [-0.2, -0.15) is 4.98 Å². The highest BCUT2D eigenvalue weighted by molar-refractivity contribution is 5.87. The van der Waals surface area contributed by atoms with Gasteiger partial charge in [0.25, 0.3) is 5.91 Å².